The molecule has 0 aliphatic carbocycles. The van der Waals surface area contributed by atoms with Crippen LogP contribution in [0.4, 0.5) is 0 Å². The maximum atomic E-state index is 10.5. The van der Waals surface area contributed by atoms with E-state index < -0.39 is 35.1 Å². The Kier molecular flexibility index (Phi) is 24.8. The van der Waals surface area contributed by atoms with Crippen LogP contribution in [0.2, 0.25) is 0 Å². The summed E-state index contributed by atoms with van der Waals surface area (Å²) in [5.74, 6) is -2.10. The number of aliphatic hydroxyl groups is 1. The summed E-state index contributed by atoms with van der Waals surface area (Å²) in [6, 6.07) is 82.3. The number of hydrogen-bond donors (Lipinski definition) is 5. The third-order valence-corrected chi connectivity index (χ3v) is 14.7. The second-order valence-corrected chi connectivity index (χ2v) is 21.7. The number of carboxylic acid groups (broad SMARTS) is 2. The van der Waals surface area contributed by atoms with E-state index in [1.807, 2.05) is 48.5 Å². The molecule has 0 radical (unpaired) electrons. The number of halogens is 1. The summed E-state index contributed by atoms with van der Waals surface area (Å²) < 4.78 is 17.1. The molecule has 0 amide bonds. The molecule has 0 spiro atoms. The molecule has 0 unspecified atom stereocenters. The molecular formula is C56H49IN2O8PbS2. The number of carbonyl (C=O) groups excluding carboxylic acids is 2. The quantitative estimate of drug-likeness (QED) is 0.0434. The molecule has 5 N–H and O–H groups in total. The number of benzene rings is 8. The van der Waals surface area contributed by atoms with E-state index in [0.29, 0.717) is 0 Å². The molecule has 10 rings (SSSR count). The summed E-state index contributed by atoms with van der Waals surface area (Å²) >= 11 is -3.63. The number of aromatic carboxylic acids is 2. The summed E-state index contributed by atoms with van der Waals surface area (Å²) in [7, 11) is 0.971. The van der Waals surface area contributed by atoms with E-state index in [0.717, 1.165) is 28.9 Å². The van der Waals surface area contributed by atoms with Crippen molar-refractivity contribution in [1.29, 1.82) is 0 Å². The summed E-state index contributed by atoms with van der Waals surface area (Å²) in [6.45, 7) is 0. The zero-order chi connectivity index (χ0) is 49.2. The summed E-state index contributed by atoms with van der Waals surface area (Å²) in [6.07, 6.45) is 0. The van der Waals surface area contributed by atoms with Crippen LogP contribution < -0.4 is 29.1 Å². The Morgan fingerprint density at radius 2 is 0.686 bits per heavy atom. The second kappa shape index (κ2) is 30.9. The molecule has 0 saturated carbocycles. The standard InChI is InChI=1S/2C18H15S.2C9H7NO2.CH4O.CHO.HI.H2O.O.Pb/c2*1-4-10-16(11-5-1)19(17-12-6-2-7-13-17)18-14-8-3-9-15-18;2*11-9(12)8-5-6-3-1-2-4-7(6)10-8;2*1-2;;;;/h2*1-15H;2*1-5,10H,(H,11,12);2H,1H3;1H;1H;1H2;;/q2*+1;;;;;;;;+1/p-3. The molecule has 10 aromatic rings. The summed E-state index contributed by atoms with van der Waals surface area (Å²) in [5.41, 5.74) is 2.03. The predicted molar refractivity (Wildman–Crippen MR) is 274 cm³/mol. The molecule has 0 atom stereocenters. The van der Waals surface area contributed by atoms with Crippen LogP contribution >= 0.6 is 0 Å². The van der Waals surface area contributed by atoms with Gasteiger partial charge in [-0.05, 0) is 97.1 Å². The number of rotatable bonds is 9. The van der Waals surface area contributed by atoms with E-state index in [1.54, 1.807) is 12.1 Å². The number of aromatic nitrogens is 2. The van der Waals surface area contributed by atoms with E-state index in [-0.39, 0.29) is 61.0 Å². The van der Waals surface area contributed by atoms with E-state index >= 15 is 0 Å². The van der Waals surface area contributed by atoms with Crippen LogP contribution in [-0.2, 0) is 29.3 Å². The van der Waals surface area contributed by atoms with Gasteiger partial charge in [-0.2, -0.15) is 0 Å². The molecule has 2 aromatic heterocycles. The fraction of sp³-hybridized carbons (Fsp3) is 0.0179. The van der Waals surface area contributed by atoms with Crippen molar-refractivity contribution in [3.05, 3.63) is 254 Å². The SMILES string of the molecule is CO.O=C(O)c1cc2ccccc2[nH]1.O=C([O-])c1cc2ccccc2[nH]1.O=[CH][Pb](=[O])[OH].[I-].c1ccc([S+](c2ccccc2)c2ccccc2)cc1.c1ccc([S+](c2ccccc2)c2ccccc2)cc1. The second-order valence-electron chi connectivity index (χ2n) is 14.1. The van der Waals surface area contributed by atoms with Gasteiger partial charge in [0.2, 0.25) is 0 Å². The summed E-state index contributed by atoms with van der Waals surface area (Å²) in [4.78, 5) is 43.7. The monoisotopic (exact) mass is 1280 g/mol. The number of para-hydroxylation sites is 2. The summed E-state index contributed by atoms with van der Waals surface area (Å²) in [5, 5.41) is 27.9. The third kappa shape index (κ3) is 17.5. The molecule has 354 valence electrons. The number of carbonyl (C=O) groups is 3. The number of H-pyrrole nitrogens is 2. The molecule has 2 heterocycles. The number of aromatic amines is 2. The maximum Gasteiger partial charge on any atom is 0.166 e. The number of nitrogens with one attached hydrogen (secondary N) is 2. The van der Waals surface area contributed by atoms with Gasteiger partial charge in [0.05, 0.1) is 33.5 Å². The van der Waals surface area contributed by atoms with Crippen LogP contribution in [0.1, 0.15) is 21.0 Å². The minimum atomic E-state index is -3.63. The third-order valence-electron chi connectivity index (χ3n) is 9.48. The zero-order valence-corrected chi connectivity index (χ0v) is 45.4. The van der Waals surface area contributed by atoms with Crippen LogP contribution in [0.25, 0.3) is 21.8 Å². The molecule has 0 aliphatic rings. The Bertz CT molecular complexity index is 2640. The molecule has 8 aromatic carbocycles. The first-order chi connectivity index (χ1) is 33.7. The molecule has 10 nitrogen and oxygen atoms in total. The minimum Gasteiger partial charge on any atom is -1.00 e. The molecule has 70 heavy (non-hydrogen) atoms. The topological polar surface area (TPSA) is 184 Å². The van der Waals surface area contributed by atoms with Crippen molar-refractivity contribution in [3.8, 4) is 0 Å². The average Bonchev–Trinajstić information content (AvgIpc) is 4.06. The van der Waals surface area contributed by atoms with Crippen molar-refractivity contribution in [1.82, 2.24) is 9.97 Å². The van der Waals surface area contributed by atoms with Crippen LogP contribution in [0.3, 0.4) is 0 Å². The first kappa shape index (κ1) is 56.1. The van der Waals surface area contributed by atoms with Gasteiger partial charge in [-0.25, -0.2) is 4.79 Å². The van der Waals surface area contributed by atoms with Crippen molar-refractivity contribution in [3.63, 3.8) is 0 Å². The van der Waals surface area contributed by atoms with Gasteiger partial charge in [0.1, 0.15) is 5.69 Å². The van der Waals surface area contributed by atoms with Crippen molar-refractivity contribution in [2.75, 3.05) is 7.11 Å². The van der Waals surface area contributed by atoms with Gasteiger partial charge < -0.3 is 54.1 Å². The van der Waals surface area contributed by atoms with Gasteiger partial charge in [0, 0.05) is 28.9 Å². The molecule has 0 saturated heterocycles. The van der Waals surface area contributed by atoms with Crippen LogP contribution in [-0.4, -0.2) is 69.3 Å². The number of fused-ring (bicyclic) bond motifs is 2. The largest absolute Gasteiger partial charge is 1.00 e. The number of carboxylic acids is 2. The Morgan fingerprint density at radius 3 is 0.914 bits per heavy atom. The van der Waals surface area contributed by atoms with Crippen LogP contribution in [0.15, 0.2) is 272 Å². The fourth-order valence-electron chi connectivity index (χ4n) is 6.53. The Labute approximate surface area is 438 Å². The van der Waals surface area contributed by atoms with E-state index in [1.165, 1.54) is 29.4 Å². The van der Waals surface area contributed by atoms with Crippen LogP contribution in [0, 0.1) is 0 Å². The number of hydrogen-bond acceptors (Lipinski definition) is 6. The normalized spacial score (nSPS) is 9.84. The Morgan fingerprint density at radius 1 is 0.457 bits per heavy atom. The number of aliphatic hydroxyl groups excluding tert-OH is 1. The predicted octanol–water partition coefficient (Wildman–Crippen LogP) is 7.24. The fourth-order valence-corrected chi connectivity index (χ4v) is 10.7. The van der Waals surface area contributed by atoms with E-state index in [2.05, 4.69) is 192 Å². The smallest absolute Gasteiger partial charge is 0.166 e. The van der Waals surface area contributed by atoms with Gasteiger partial charge in [0.15, 0.2) is 29.4 Å². The molecular weight excluding hydrogens is 1230 g/mol. The average molecular weight is 1280 g/mol. The molecule has 0 bridgehead atoms. The Balaban J connectivity index is 0.000000197. The van der Waals surface area contributed by atoms with Crippen LogP contribution in [0.5, 0.6) is 0 Å². The van der Waals surface area contributed by atoms with Crippen molar-refractivity contribution < 1.29 is 59.4 Å². The maximum absolute atomic E-state index is 10.5. The van der Waals surface area contributed by atoms with Crippen molar-refractivity contribution in [2.45, 2.75) is 29.4 Å². The first-order valence-electron chi connectivity index (χ1n) is 21.2. The molecule has 14 heteroatoms. The van der Waals surface area contributed by atoms with Gasteiger partial charge in [-0.1, -0.05) is 146 Å². The Hall–Kier alpha value is -6.48. The van der Waals surface area contributed by atoms with Gasteiger partial charge in [-0.3, -0.25) is 0 Å². The zero-order valence-electron chi connectivity index (χ0n) is 37.7. The van der Waals surface area contributed by atoms with Gasteiger partial charge >= 0.3 is 43.5 Å². The van der Waals surface area contributed by atoms with E-state index in [4.69, 9.17) is 18.1 Å². The van der Waals surface area contributed by atoms with Gasteiger partial charge in [0.25, 0.3) is 0 Å². The molecule has 0 fully saturated rings. The van der Waals surface area contributed by atoms with E-state index in [9.17, 15) is 17.4 Å². The minimum absolute atomic E-state index is 0. The van der Waals surface area contributed by atoms with Crippen molar-refractivity contribution >= 4 is 82.5 Å². The van der Waals surface area contributed by atoms with Crippen molar-refractivity contribution in [2.24, 2.45) is 0 Å². The first-order valence-corrected chi connectivity index (χ1v) is 29.3. The molecule has 0 aliphatic heterocycles. The van der Waals surface area contributed by atoms with Gasteiger partial charge in [-0.15, -0.1) is 0 Å².